The second-order valence-corrected chi connectivity index (χ2v) is 8.23. The Bertz CT molecular complexity index is 1250. The first-order valence-electron chi connectivity index (χ1n) is 10.8. The van der Waals surface area contributed by atoms with Crippen molar-refractivity contribution in [2.75, 3.05) is 13.7 Å². The minimum Gasteiger partial charge on any atom is -0.497 e. The lowest BCUT2D eigenvalue weighted by molar-refractivity contribution is -0.117. The summed E-state index contributed by atoms with van der Waals surface area (Å²) in [6, 6.07) is 18.7. The molecule has 0 unspecified atom stereocenters. The molecular weight excluding hydrogens is 515 g/mol. The number of amides is 1. The molecular formula is C27H24BrFN2O4. The molecule has 0 atom stereocenters. The number of nitriles is 1. The van der Waals surface area contributed by atoms with Gasteiger partial charge in [-0.05, 0) is 66.1 Å². The van der Waals surface area contributed by atoms with E-state index in [1.165, 1.54) is 18.2 Å². The van der Waals surface area contributed by atoms with Crippen LogP contribution in [0.15, 0.2) is 70.7 Å². The topological polar surface area (TPSA) is 80.6 Å². The lowest BCUT2D eigenvalue weighted by atomic mass is 10.1. The van der Waals surface area contributed by atoms with Crippen molar-refractivity contribution in [3.05, 3.63) is 93.2 Å². The van der Waals surface area contributed by atoms with Gasteiger partial charge in [0.15, 0.2) is 11.5 Å². The second-order valence-electron chi connectivity index (χ2n) is 7.37. The van der Waals surface area contributed by atoms with Crippen LogP contribution in [-0.4, -0.2) is 19.6 Å². The molecule has 0 aromatic heterocycles. The zero-order valence-corrected chi connectivity index (χ0v) is 20.9. The Hall–Kier alpha value is -3.83. The SMILES string of the molecule is CCOc1cc(/C=C(/C#N)C(=O)NCc2ccc(OC)cc2)c(Br)cc1OCc1cccc(F)c1. The van der Waals surface area contributed by atoms with Gasteiger partial charge in [0, 0.05) is 11.0 Å². The molecule has 0 spiro atoms. The van der Waals surface area contributed by atoms with Crippen molar-refractivity contribution in [2.24, 2.45) is 0 Å². The molecule has 0 radical (unpaired) electrons. The number of carbonyl (C=O) groups is 1. The van der Waals surface area contributed by atoms with Crippen LogP contribution < -0.4 is 19.5 Å². The Morgan fingerprint density at radius 1 is 1.09 bits per heavy atom. The highest BCUT2D eigenvalue weighted by Gasteiger charge is 2.14. The quantitative estimate of drug-likeness (QED) is 0.260. The molecule has 1 amide bonds. The molecule has 8 heteroatoms. The number of hydrogen-bond acceptors (Lipinski definition) is 5. The Kier molecular flexibility index (Phi) is 9.27. The molecule has 0 saturated carbocycles. The van der Waals surface area contributed by atoms with Gasteiger partial charge >= 0.3 is 0 Å². The van der Waals surface area contributed by atoms with Crippen LogP contribution in [0.3, 0.4) is 0 Å². The molecule has 0 saturated heterocycles. The highest BCUT2D eigenvalue weighted by molar-refractivity contribution is 9.10. The minimum absolute atomic E-state index is 0.0601. The molecule has 3 aromatic carbocycles. The largest absolute Gasteiger partial charge is 0.497 e. The molecule has 0 bridgehead atoms. The lowest BCUT2D eigenvalue weighted by Gasteiger charge is -2.14. The summed E-state index contributed by atoms with van der Waals surface area (Å²) in [6.07, 6.45) is 1.48. The number of nitrogens with zero attached hydrogens (tertiary/aromatic N) is 1. The first-order valence-corrected chi connectivity index (χ1v) is 11.6. The molecule has 35 heavy (non-hydrogen) atoms. The maximum absolute atomic E-state index is 13.5. The van der Waals surface area contributed by atoms with E-state index in [1.54, 1.807) is 43.5 Å². The number of rotatable bonds is 10. The van der Waals surface area contributed by atoms with Crippen molar-refractivity contribution in [1.29, 1.82) is 5.26 Å². The molecule has 1 N–H and O–H groups in total. The first kappa shape index (κ1) is 25.8. The van der Waals surface area contributed by atoms with E-state index in [0.29, 0.717) is 33.7 Å². The van der Waals surface area contributed by atoms with Crippen LogP contribution in [0.5, 0.6) is 17.2 Å². The summed E-state index contributed by atoms with van der Waals surface area (Å²) < 4.78 is 30.7. The maximum Gasteiger partial charge on any atom is 0.262 e. The fourth-order valence-electron chi connectivity index (χ4n) is 3.16. The van der Waals surface area contributed by atoms with Crippen LogP contribution >= 0.6 is 15.9 Å². The molecule has 0 aliphatic heterocycles. The third-order valence-electron chi connectivity index (χ3n) is 4.92. The van der Waals surface area contributed by atoms with E-state index in [0.717, 1.165) is 11.3 Å². The van der Waals surface area contributed by atoms with Crippen molar-refractivity contribution in [3.63, 3.8) is 0 Å². The van der Waals surface area contributed by atoms with Crippen molar-refractivity contribution < 1.29 is 23.4 Å². The summed E-state index contributed by atoms with van der Waals surface area (Å²) >= 11 is 3.47. The van der Waals surface area contributed by atoms with Gasteiger partial charge in [-0.1, -0.05) is 40.2 Å². The van der Waals surface area contributed by atoms with Crippen LogP contribution in [-0.2, 0) is 17.9 Å². The van der Waals surface area contributed by atoms with Gasteiger partial charge in [0.2, 0.25) is 0 Å². The summed E-state index contributed by atoms with van der Waals surface area (Å²) in [5, 5.41) is 12.3. The smallest absolute Gasteiger partial charge is 0.262 e. The summed E-state index contributed by atoms with van der Waals surface area (Å²) in [5.74, 6) is 0.764. The van der Waals surface area contributed by atoms with Gasteiger partial charge in [-0.25, -0.2) is 4.39 Å². The van der Waals surface area contributed by atoms with Gasteiger partial charge in [0.25, 0.3) is 5.91 Å². The van der Waals surface area contributed by atoms with Crippen molar-refractivity contribution in [3.8, 4) is 23.3 Å². The van der Waals surface area contributed by atoms with E-state index in [-0.39, 0.29) is 24.5 Å². The lowest BCUT2D eigenvalue weighted by Crippen LogP contribution is -2.23. The Morgan fingerprint density at radius 2 is 1.83 bits per heavy atom. The van der Waals surface area contributed by atoms with Crippen molar-refractivity contribution in [1.82, 2.24) is 5.32 Å². The number of hydrogen-bond donors (Lipinski definition) is 1. The molecule has 0 aliphatic rings. The van der Waals surface area contributed by atoms with Crippen LogP contribution in [0.4, 0.5) is 4.39 Å². The van der Waals surface area contributed by atoms with E-state index in [2.05, 4.69) is 21.2 Å². The molecule has 6 nitrogen and oxygen atoms in total. The van der Waals surface area contributed by atoms with Crippen molar-refractivity contribution >= 4 is 27.9 Å². The monoisotopic (exact) mass is 538 g/mol. The number of ether oxygens (including phenoxy) is 3. The van der Waals surface area contributed by atoms with Gasteiger partial charge in [0.1, 0.15) is 29.8 Å². The third-order valence-corrected chi connectivity index (χ3v) is 5.61. The summed E-state index contributed by atoms with van der Waals surface area (Å²) in [4.78, 5) is 12.6. The maximum atomic E-state index is 13.5. The molecule has 0 aliphatic carbocycles. The zero-order chi connectivity index (χ0) is 25.2. The Morgan fingerprint density at radius 3 is 2.49 bits per heavy atom. The van der Waals surface area contributed by atoms with Crippen LogP contribution in [0.25, 0.3) is 6.08 Å². The highest BCUT2D eigenvalue weighted by Crippen LogP contribution is 2.35. The minimum atomic E-state index is -0.500. The fourth-order valence-corrected chi connectivity index (χ4v) is 3.59. The van der Waals surface area contributed by atoms with Crippen LogP contribution in [0.2, 0.25) is 0 Å². The standard InChI is InChI=1S/C27H24BrFN2O4/c1-3-34-25-13-20(24(28)14-26(25)35-17-19-5-4-6-22(29)11-19)12-21(15-30)27(32)31-16-18-7-9-23(33-2)10-8-18/h4-14H,3,16-17H2,1-2H3,(H,31,32)/b21-12-. The average Bonchev–Trinajstić information content (AvgIpc) is 2.86. The molecule has 0 fully saturated rings. The number of halogens is 2. The van der Waals surface area contributed by atoms with E-state index in [9.17, 15) is 14.4 Å². The Balaban J connectivity index is 1.76. The van der Waals surface area contributed by atoms with Gasteiger partial charge in [-0.15, -0.1) is 0 Å². The number of methoxy groups -OCH3 is 1. The fraction of sp³-hybridized carbons (Fsp3) is 0.185. The van der Waals surface area contributed by atoms with E-state index < -0.39 is 5.91 Å². The van der Waals surface area contributed by atoms with Gasteiger partial charge in [-0.2, -0.15) is 5.26 Å². The second kappa shape index (κ2) is 12.6. The van der Waals surface area contributed by atoms with E-state index >= 15 is 0 Å². The summed E-state index contributed by atoms with van der Waals surface area (Å²) in [5.41, 5.74) is 2.06. The Labute approximate surface area is 212 Å². The van der Waals surface area contributed by atoms with Crippen molar-refractivity contribution in [2.45, 2.75) is 20.1 Å². The van der Waals surface area contributed by atoms with Crippen LogP contribution in [0, 0.1) is 17.1 Å². The predicted octanol–water partition coefficient (Wildman–Crippen LogP) is 5.80. The van der Waals surface area contributed by atoms with E-state index in [4.69, 9.17) is 14.2 Å². The zero-order valence-electron chi connectivity index (χ0n) is 19.3. The normalized spacial score (nSPS) is 10.9. The first-order chi connectivity index (χ1) is 16.9. The molecule has 180 valence electrons. The van der Waals surface area contributed by atoms with Crippen LogP contribution in [0.1, 0.15) is 23.6 Å². The molecule has 3 rings (SSSR count). The predicted molar refractivity (Wildman–Crippen MR) is 134 cm³/mol. The van der Waals surface area contributed by atoms with Gasteiger partial charge in [-0.3, -0.25) is 4.79 Å². The highest BCUT2D eigenvalue weighted by atomic mass is 79.9. The van der Waals surface area contributed by atoms with E-state index in [1.807, 2.05) is 25.1 Å². The van der Waals surface area contributed by atoms with Gasteiger partial charge < -0.3 is 19.5 Å². The summed E-state index contributed by atoms with van der Waals surface area (Å²) in [7, 11) is 1.58. The number of carbonyl (C=O) groups excluding carboxylic acids is 1. The molecule has 0 heterocycles. The average molecular weight is 539 g/mol. The third kappa shape index (κ3) is 7.33. The molecule has 3 aromatic rings. The van der Waals surface area contributed by atoms with Gasteiger partial charge in [0.05, 0.1) is 13.7 Å². The number of benzene rings is 3. The summed E-state index contributed by atoms with van der Waals surface area (Å²) in [6.45, 7) is 2.63. The number of nitrogens with one attached hydrogen (secondary N) is 1.